The first-order chi connectivity index (χ1) is 7.41. The Balaban J connectivity index is 2.87. The third-order valence-electron chi connectivity index (χ3n) is 2.59. The molecular weight excluding hydrogens is 240 g/mol. The van der Waals surface area contributed by atoms with E-state index in [0.29, 0.717) is 21.8 Å². The van der Waals surface area contributed by atoms with E-state index in [1.54, 1.807) is 24.8 Å². The fourth-order valence-electron chi connectivity index (χ4n) is 1.15. The molecular formula is C13H17ClOS. The second kappa shape index (κ2) is 5.74. The number of Topliss-reactive ketones (excluding diaryl/α,β-unsaturated/α-hetero) is 1. The van der Waals surface area contributed by atoms with Crippen molar-refractivity contribution >= 4 is 29.1 Å². The zero-order valence-corrected chi connectivity index (χ0v) is 11.7. The van der Waals surface area contributed by atoms with Gasteiger partial charge in [-0.05, 0) is 25.0 Å². The largest absolute Gasteiger partial charge is 0.295 e. The van der Waals surface area contributed by atoms with Crippen molar-refractivity contribution in [1.82, 2.24) is 0 Å². The molecule has 0 saturated carbocycles. The number of hydrogen-bond donors (Lipinski definition) is 0. The van der Waals surface area contributed by atoms with Crippen molar-refractivity contribution in [2.24, 2.45) is 5.92 Å². The number of carbonyl (C=O) groups excluding carboxylic acids is 1. The van der Waals surface area contributed by atoms with E-state index in [4.69, 9.17) is 11.6 Å². The van der Waals surface area contributed by atoms with E-state index < -0.39 is 0 Å². The standard InChI is InChI=1S/C13H17ClOS/c1-8(2)10(4)16-13-6-5-11(9(3)15)7-12(13)14/h5-8,10H,1-4H3. The van der Waals surface area contributed by atoms with Gasteiger partial charge in [0.15, 0.2) is 5.78 Å². The minimum Gasteiger partial charge on any atom is -0.295 e. The molecule has 1 unspecified atom stereocenters. The lowest BCUT2D eigenvalue weighted by Crippen LogP contribution is -2.05. The van der Waals surface area contributed by atoms with E-state index in [2.05, 4.69) is 20.8 Å². The Bertz CT molecular complexity index is 388. The summed E-state index contributed by atoms with van der Waals surface area (Å²) in [5, 5.41) is 1.19. The number of thioether (sulfide) groups is 1. The highest BCUT2D eigenvalue weighted by Crippen LogP contribution is 2.33. The third kappa shape index (κ3) is 3.53. The number of ketones is 1. The minimum atomic E-state index is 0.0513. The Hall–Kier alpha value is -0.470. The molecule has 1 nitrogen and oxygen atoms in total. The molecule has 0 amide bonds. The monoisotopic (exact) mass is 256 g/mol. The van der Waals surface area contributed by atoms with Gasteiger partial charge < -0.3 is 0 Å². The summed E-state index contributed by atoms with van der Waals surface area (Å²) >= 11 is 7.90. The molecule has 0 radical (unpaired) electrons. The van der Waals surface area contributed by atoms with Gasteiger partial charge in [-0.2, -0.15) is 0 Å². The molecule has 1 aromatic rings. The molecule has 0 spiro atoms. The molecule has 1 atom stereocenters. The van der Waals surface area contributed by atoms with Crippen molar-refractivity contribution < 1.29 is 4.79 Å². The number of carbonyl (C=O) groups is 1. The van der Waals surface area contributed by atoms with Crippen LogP contribution in [0.15, 0.2) is 23.1 Å². The quantitative estimate of drug-likeness (QED) is 0.575. The fraction of sp³-hybridized carbons (Fsp3) is 0.462. The lowest BCUT2D eigenvalue weighted by molar-refractivity contribution is 0.101. The average molecular weight is 257 g/mol. The van der Waals surface area contributed by atoms with E-state index in [0.717, 1.165) is 4.90 Å². The van der Waals surface area contributed by atoms with Crippen LogP contribution >= 0.6 is 23.4 Å². The molecule has 88 valence electrons. The SMILES string of the molecule is CC(=O)c1ccc(SC(C)C(C)C)c(Cl)c1. The van der Waals surface area contributed by atoms with Crippen molar-refractivity contribution in [2.45, 2.75) is 37.8 Å². The molecule has 0 aliphatic heterocycles. The lowest BCUT2D eigenvalue weighted by atomic mass is 10.1. The molecule has 3 heteroatoms. The zero-order chi connectivity index (χ0) is 12.3. The summed E-state index contributed by atoms with van der Waals surface area (Å²) < 4.78 is 0. The summed E-state index contributed by atoms with van der Waals surface area (Å²) in [6.07, 6.45) is 0. The highest BCUT2D eigenvalue weighted by molar-refractivity contribution is 8.00. The van der Waals surface area contributed by atoms with Crippen LogP contribution < -0.4 is 0 Å². The molecule has 1 rings (SSSR count). The van der Waals surface area contributed by atoms with Crippen LogP contribution in [0.4, 0.5) is 0 Å². The van der Waals surface area contributed by atoms with Crippen LogP contribution in [0.25, 0.3) is 0 Å². The molecule has 1 aromatic carbocycles. The molecule has 0 heterocycles. The second-order valence-corrected chi connectivity index (χ2v) is 6.09. The average Bonchev–Trinajstić information content (AvgIpc) is 2.20. The number of halogens is 1. The van der Waals surface area contributed by atoms with Crippen molar-refractivity contribution in [2.75, 3.05) is 0 Å². The van der Waals surface area contributed by atoms with Gasteiger partial charge in [0.25, 0.3) is 0 Å². The topological polar surface area (TPSA) is 17.1 Å². The minimum absolute atomic E-state index is 0.0513. The molecule has 0 N–H and O–H groups in total. The third-order valence-corrected chi connectivity index (χ3v) is 4.54. The molecule has 0 bridgehead atoms. The fourth-order valence-corrected chi connectivity index (χ4v) is 2.46. The van der Waals surface area contributed by atoms with Gasteiger partial charge in [-0.15, -0.1) is 11.8 Å². The predicted molar refractivity (Wildman–Crippen MR) is 71.6 cm³/mol. The van der Waals surface area contributed by atoms with E-state index in [1.165, 1.54) is 0 Å². The lowest BCUT2D eigenvalue weighted by Gasteiger charge is -2.15. The van der Waals surface area contributed by atoms with E-state index >= 15 is 0 Å². The van der Waals surface area contributed by atoms with Gasteiger partial charge in [-0.3, -0.25) is 4.79 Å². The Morgan fingerprint density at radius 3 is 2.38 bits per heavy atom. The maximum Gasteiger partial charge on any atom is 0.159 e. The van der Waals surface area contributed by atoms with Gasteiger partial charge in [-0.25, -0.2) is 0 Å². The van der Waals surface area contributed by atoms with Crippen molar-refractivity contribution in [3.8, 4) is 0 Å². The number of benzene rings is 1. The van der Waals surface area contributed by atoms with Crippen LogP contribution in [0.5, 0.6) is 0 Å². The highest BCUT2D eigenvalue weighted by Gasteiger charge is 2.12. The van der Waals surface area contributed by atoms with Crippen molar-refractivity contribution in [3.05, 3.63) is 28.8 Å². The molecule has 0 saturated heterocycles. The van der Waals surface area contributed by atoms with Crippen molar-refractivity contribution in [1.29, 1.82) is 0 Å². The molecule has 0 aliphatic carbocycles. The van der Waals surface area contributed by atoms with Crippen LogP contribution in [-0.4, -0.2) is 11.0 Å². The van der Waals surface area contributed by atoms with Gasteiger partial charge in [0.2, 0.25) is 0 Å². The number of rotatable bonds is 4. The Kier molecular flexibility index (Phi) is 4.88. The van der Waals surface area contributed by atoms with Gasteiger partial charge in [0.05, 0.1) is 5.02 Å². The number of hydrogen-bond acceptors (Lipinski definition) is 2. The van der Waals surface area contributed by atoms with E-state index in [-0.39, 0.29) is 5.78 Å². The maximum atomic E-state index is 11.2. The maximum absolute atomic E-state index is 11.2. The normalized spacial score (nSPS) is 12.9. The van der Waals surface area contributed by atoms with Gasteiger partial charge in [0, 0.05) is 15.7 Å². The van der Waals surface area contributed by atoms with Crippen LogP contribution in [0.1, 0.15) is 38.1 Å². The zero-order valence-electron chi connectivity index (χ0n) is 10.1. The molecule has 0 aliphatic rings. The first kappa shape index (κ1) is 13.6. The van der Waals surface area contributed by atoms with E-state index in [1.807, 2.05) is 12.1 Å². The van der Waals surface area contributed by atoms with Gasteiger partial charge in [-0.1, -0.05) is 38.4 Å². The summed E-state index contributed by atoms with van der Waals surface area (Å²) in [6, 6.07) is 5.52. The van der Waals surface area contributed by atoms with Crippen LogP contribution in [0, 0.1) is 5.92 Å². The Labute approximate surface area is 107 Å². The summed E-state index contributed by atoms with van der Waals surface area (Å²) in [5.41, 5.74) is 0.673. The summed E-state index contributed by atoms with van der Waals surface area (Å²) in [4.78, 5) is 12.2. The van der Waals surface area contributed by atoms with Gasteiger partial charge >= 0.3 is 0 Å². The Morgan fingerprint density at radius 1 is 1.31 bits per heavy atom. The highest BCUT2D eigenvalue weighted by atomic mass is 35.5. The molecule has 0 fully saturated rings. The summed E-state index contributed by atoms with van der Waals surface area (Å²) in [5.74, 6) is 0.656. The first-order valence-electron chi connectivity index (χ1n) is 5.39. The molecule has 0 aromatic heterocycles. The summed E-state index contributed by atoms with van der Waals surface area (Å²) in [7, 11) is 0. The van der Waals surface area contributed by atoms with Crippen molar-refractivity contribution in [3.63, 3.8) is 0 Å². The predicted octanol–water partition coefficient (Wildman–Crippen LogP) is 4.68. The smallest absolute Gasteiger partial charge is 0.159 e. The summed E-state index contributed by atoms with van der Waals surface area (Å²) in [6.45, 7) is 8.12. The molecule has 16 heavy (non-hydrogen) atoms. The van der Waals surface area contributed by atoms with Crippen LogP contribution in [-0.2, 0) is 0 Å². The first-order valence-corrected chi connectivity index (χ1v) is 6.64. The second-order valence-electron chi connectivity index (χ2n) is 4.27. The van der Waals surface area contributed by atoms with Crippen LogP contribution in [0.3, 0.4) is 0 Å². The van der Waals surface area contributed by atoms with Crippen LogP contribution in [0.2, 0.25) is 5.02 Å². The van der Waals surface area contributed by atoms with Gasteiger partial charge in [0.1, 0.15) is 0 Å². The Morgan fingerprint density at radius 2 is 1.94 bits per heavy atom. The van der Waals surface area contributed by atoms with E-state index in [9.17, 15) is 4.79 Å².